The van der Waals surface area contributed by atoms with Crippen molar-refractivity contribution in [2.24, 2.45) is 5.92 Å². The van der Waals surface area contributed by atoms with Gasteiger partial charge in [-0.15, -0.1) is 0 Å². The van der Waals surface area contributed by atoms with E-state index in [2.05, 4.69) is 0 Å². The number of hydrogen-bond donors (Lipinski definition) is 1. The van der Waals surface area contributed by atoms with Gasteiger partial charge in [0.25, 0.3) is 0 Å². The Morgan fingerprint density at radius 3 is 1.96 bits per heavy atom. The lowest BCUT2D eigenvalue weighted by atomic mass is 9.78. The number of carbonyl (C=O) groups excluding carboxylic acids is 1. The molecule has 134 valence electrons. The van der Waals surface area contributed by atoms with Gasteiger partial charge in [0.15, 0.2) is 5.78 Å². The second-order valence-corrected chi connectivity index (χ2v) is 7.28. The Hall–Kier alpha value is -2.68. The third-order valence-corrected chi connectivity index (χ3v) is 5.56. The summed E-state index contributed by atoms with van der Waals surface area (Å²) < 4.78 is 0. The molecule has 1 aliphatic rings. The van der Waals surface area contributed by atoms with Crippen LogP contribution in [0.4, 0.5) is 0 Å². The quantitative estimate of drug-likeness (QED) is 0.670. The maximum absolute atomic E-state index is 13.3. The van der Waals surface area contributed by atoms with Crippen LogP contribution < -0.4 is 0 Å². The minimum absolute atomic E-state index is 0.0579. The fourth-order valence-electron chi connectivity index (χ4n) is 3.90. The van der Waals surface area contributed by atoms with Crippen molar-refractivity contribution >= 4 is 28.5 Å². The number of ketones is 1. The molecule has 1 aliphatic carbocycles. The Morgan fingerprint density at radius 1 is 0.815 bits per heavy atom. The number of hydrogen-bond acceptors (Lipinski definition) is 2. The van der Waals surface area contributed by atoms with Crippen LogP contribution in [0.3, 0.4) is 0 Å². The minimum atomic E-state index is -1.41. The fraction of sp³-hybridized carbons (Fsp3) is 0.125. The van der Waals surface area contributed by atoms with Gasteiger partial charge >= 0.3 is 0 Å². The maximum Gasteiger partial charge on any atom is 0.170 e. The van der Waals surface area contributed by atoms with E-state index in [1.165, 1.54) is 0 Å². The van der Waals surface area contributed by atoms with Crippen molar-refractivity contribution in [3.05, 3.63) is 107 Å². The van der Waals surface area contributed by atoms with Crippen molar-refractivity contribution < 1.29 is 9.90 Å². The molecule has 0 aliphatic heterocycles. The number of Topliss-reactive ketones (excluding diaryl/α,β-unsaturated/α-hetero) is 1. The second kappa shape index (κ2) is 6.80. The Balaban J connectivity index is 2.05. The first-order valence-electron chi connectivity index (χ1n) is 8.91. The van der Waals surface area contributed by atoms with Crippen LogP contribution in [0.25, 0.3) is 11.1 Å². The van der Waals surface area contributed by atoms with Crippen LogP contribution in [-0.4, -0.2) is 10.9 Å². The van der Waals surface area contributed by atoms with E-state index in [1.807, 2.05) is 72.8 Å². The van der Waals surface area contributed by atoms with Gasteiger partial charge in [0.05, 0.1) is 5.92 Å². The van der Waals surface area contributed by atoms with Crippen LogP contribution in [0.2, 0.25) is 5.02 Å². The molecule has 0 heterocycles. The van der Waals surface area contributed by atoms with Crippen LogP contribution in [-0.2, 0) is 10.4 Å². The molecule has 2 unspecified atom stereocenters. The molecular weight excluding hydrogens is 356 g/mol. The lowest BCUT2D eigenvalue weighted by Gasteiger charge is -2.31. The SMILES string of the molecule is CC1C(=O)C(c2ccccc2)=C(c2ccc(Cl)cc2)C1(O)c1ccccc1. The van der Waals surface area contributed by atoms with Crippen LogP contribution >= 0.6 is 11.6 Å². The van der Waals surface area contributed by atoms with E-state index in [0.29, 0.717) is 21.7 Å². The van der Waals surface area contributed by atoms with Crippen molar-refractivity contribution in [2.75, 3.05) is 0 Å². The molecular formula is C24H19ClO2. The summed E-state index contributed by atoms with van der Waals surface area (Å²) >= 11 is 6.07. The van der Waals surface area contributed by atoms with Crippen LogP contribution in [0.15, 0.2) is 84.9 Å². The number of halogens is 1. The maximum atomic E-state index is 13.3. The number of aliphatic hydroxyl groups is 1. The molecule has 3 aromatic rings. The standard InChI is InChI=1S/C24H19ClO2/c1-16-23(26)21(17-8-4-2-5-9-17)22(18-12-14-20(25)15-13-18)24(16,27)19-10-6-3-7-11-19/h2-16,27H,1H3. The lowest BCUT2D eigenvalue weighted by Crippen LogP contribution is -2.33. The highest BCUT2D eigenvalue weighted by Gasteiger charge is 2.52. The van der Waals surface area contributed by atoms with Crippen LogP contribution in [0.5, 0.6) is 0 Å². The molecule has 3 heteroatoms. The predicted octanol–water partition coefficient (Wildman–Crippen LogP) is 5.36. The van der Waals surface area contributed by atoms with Gasteiger partial charge < -0.3 is 5.11 Å². The Kier molecular flexibility index (Phi) is 4.47. The van der Waals surface area contributed by atoms with E-state index >= 15 is 0 Å². The van der Waals surface area contributed by atoms with Gasteiger partial charge in [-0.2, -0.15) is 0 Å². The lowest BCUT2D eigenvalue weighted by molar-refractivity contribution is -0.121. The molecule has 0 radical (unpaired) electrons. The summed E-state index contributed by atoms with van der Waals surface area (Å²) in [5.74, 6) is -0.654. The van der Waals surface area contributed by atoms with Crippen molar-refractivity contribution in [1.29, 1.82) is 0 Å². The van der Waals surface area contributed by atoms with Crippen molar-refractivity contribution in [3.63, 3.8) is 0 Å². The number of rotatable bonds is 3. The number of allylic oxidation sites excluding steroid dienone is 1. The van der Waals surface area contributed by atoms with Gasteiger partial charge in [-0.1, -0.05) is 91.3 Å². The smallest absolute Gasteiger partial charge is 0.170 e. The summed E-state index contributed by atoms with van der Waals surface area (Å²) in [5.41, 5.74) is 2.11. The third kappa shape index (κ3) is 2.82. The Bertz CT molecular complexity index is 1010. The summed E-state index contributed by atoms with van der Waals surface area (Å²) in [5, 5.41) is 12.5. The van der Waals surface area contributed by atoms with E-state index in [-0.39, 0.29) is 5.78 Å². The van der Waals surface area contributed by atoms with Crippen molar-refractivity contribution in [1.82, 2.24) is 0 Å². The summed E-state index contributed by atoms with van der Waals surface area (Å²) in [6.07, 6.45) is 0. The van der Waals surface area contributed by atoms with Crippen LogP contribution in [0.1, 0.15) is 23.6 Å². The first-order valence-corrected chi connectivity index (χ1v) is 9.29. The summed E-state index contributed by atoms with van der Waals surface area (Å²) in [4.78, 5) is 13.3. The third-order valence-electron chi connectivity index (χ3n) is 5.31. The van der Waals surface area contributed by atoms with Gasteiger partial charge in [-0.05, 0) is 28.8 Å². The normalized spacial score (nSPS) is 22.3. The van der Waals surface area contributed by atoms with Crippen molar-refractivity contribution in [3.8, 4) is 0 Å². The molecule has 0 amide bonds. The zero-order chi connectivity index (χ0) is 19.0. The molecule has 0 saturated heterocycles. The fourth-order valence-corrected chi connectivity index (χ4v) is 4.02. The molecule has 4 rings (SSSR count). The highest BCUT2D eigenvalue weighted by molar-refractivity contribution is 6.34. The summed E-state index contributed by atoms with van der Waals surface area (Å²) in [6, 6.07) is 26.2. The van der Waals surface area contributed by atoms with Crippen LogP contribution in [0, 0.1) is 5.92 Å². The van der Waals surface area contributed by atoms with E-state index < -0.39 is 11.5 Å². The van der Waals surface area contributed by atoms with E-state index in [4.69, 9.17) is 11.6 Å². The Morgan fingerprint density at radius 2 is 1.37 bits per heavy atom. The second-order valence-electron chi connectivity index (χ2n) is 6.84. The number of benzene rings is 3. The summed E-state index contributed by atoms with van der Waals surface area (Å²) in [7, 11) is 0. The Labute approximate surface area is 163 Å². The van der Waals surface area contributed by atoms with Gasteiger partial charge in [-0.25, -0.2) is 0 Å². The highest BCUT2D eigenvalue weighted by atomic mass is 35.5. The molecule has 0 spiro atoms. The predicted molar refractivity (Wildman–Crippen MR) is 109 cm³/mol. The van der Waals surface area contributed by atoms with Gasteiger partial charge in [0.2, 0.25) is 0 Å². The minimum Gasteiger partial charge on any atom is -0.380 e. The molecule has 2 nitrogen and oxygen atoms in total. The monoisotopic (exact) mass is 374 g/mol. The zero-order valence-electron chi connectivity index (χ0n) is 14.9. The summed E-state index contributed by atoms with van der Waals surface area (Å²) in [6.45, 7) is 1.79. The topological polar surface area (TPSA) is 37.3 Å². The number of carbonyl (C=O) groups is 1. The molecule has 0 saturated carbocycles. The highest BCUT2D eigenvalue weighted by Crippen LogP contribution is 2.53. The molecule has 2 atom stereocenters. The van der Waals surface area contributed by atoms with E-state index in [0.717, 1.165) is 11.1 Å². The average molecular weight is 375 g/mol. The average Bonchev–Trinajstić information content (AvgIpc) is 2.92. The first-order chi connectivity index (χ1) is 13.0. The molecule has 0 fully saturated rings. The molecule has 1 N–H and O–H groups in total. The molecule has 27 heavy (non-hydrogen) atoms. The molecule has 0 bridgehead atoms. The molecule has 3 aromatic carbocycles. The zero-order valence-corrected chi connectivity index (χ0v) is 15.6. The molecule has 0 aromatic heterocycles. The van der Waals surface area contributed by atoms with Crippen molar-refractivity contribution in [2.45, 2.75) is 12.5 Å². The van der Waals surface area contributed by atoms with Gasteiger partial charge in [-0.3, -0.25) is 4.79 Å². The first kappa shape index (κ1) is 17.7. The van der Waals surface area contributed by atoms with E-state index in [9.17, 15) is 9.90 Å². The van der Waals surface area contributed by atoms with Gasteiger partial charge in [0.1, 0.15) is 5.60 Å². The van der Waals surface area contributed by atoms with E-state index in [1.54, 1.807) is 19.1 Å². The van der Waals surface area contributed by atoms with Gasteiger partial charge in [0, 0.05) is 16.2 Å². The largest absolute Gasteiger partial charge is 0.380 e.